The van der Waals surface area contributed by atoms with Crippen molar-refractivity contribution >= 4 is 17.6 Å². The first-order valence-corrected chi connectivity index (χ1v) is 5.78. The Morgan fingerprint density at radius 3 is 2.71 bits per heavy atom. The van der Waals surface area contributed by atoms with Crippen molar-refractivity contribution in [2.24, 2.45) is 5.84 Å². The van der Waals surface area contributed by atoms with Gasteiger partial charge in [-0.05, 0) is 25.6 Å². The van der Waals surface area contributed by atoms with E-state index >= 15 is 0 Å². The Morgan fingerprint density at radius 2 is 2.06 bits per heavy atom. The second kappa shape index (κ2) is 5.07. The van der Waals surface area contributed by atoms with Gasteiger partial charge in [0.25, 0.3) is 0 Å². The largest absolute Gasteiger partial charge is 0.308 e. The predicted molar refractivity (Wildman–Crippen MR) is 65.5 cm³/mol. The minimum Gasteiger partial charge on any atom is -0.308 e. The fourth-order valence-corrected chi connectivity index (χ4v) is 2.13. The maximum Gasteiger partial charge on any atom is 0.147 e. The van der Waals surface area contributed by atoms with E-state index in [1.54, 1.807) is 18.6 Å². The van der Waals surface area contributed by atoms with Gasteiger partial charge in [0, 0.05) is 18.0 Å². The van der Waals surface area contributed by atoms with Crippen molar-refractivity contribution in [1.29, 1.82) is 0 Å². The monoisotopic (exact) mass is 248 g/mol. The molecule has 6 nitrogen and oxygen atoms in total. The van der Waals surface area contributed by atoms with Gasteiger partial charge in [-0.2, -0.15) is 0 Å². The topological polar surface area (TPSA) is 89.6 Å². The highest BCUT2D eigenvalue weighted by atomic mass is 32.2. The first-order valence-electron chi connectivity index (χ1n) is 4.96. The van der Waals surface area contributed by atoms with Crippen LogP contribution in [-0.4, -0.2) is 19.9 Å². The minimum absolute atomic E-state index is 0.629. The number of rotatable bonds is 3. The molecule has 88 valence electrons. The van der Waals surface area contributed by atoms with Crippen molar-refractivity contribution in [2.45, 2.75) is 23.9 Å². The highest BCUT2D eigenvalue weighted by Gasteiger charge is 2.10. The molecule has 0 bridgehead atoms. The molecule has 2 aromatic heterocycles. The second-order valence-electron chi connectivity index (χ2n) is 3.34. The molecular weight excluding hydrogens is 236 g/mol. The molecule has 0 aliphatic rings. The lowest BCUT2D eigenvalue weighted by atomic mass is 10.3. The van der Waals surface area contributed by atoms with Crippen LogP contribution in [0.2, 0.25) is 0 Å². The second-order valence-corrected chi connectivity index (χ2v) is 4.35. The summed E-state index contributed by atoms with van der Waals surface area (Å²) in [5.41, 5.74) is 3.46. The number of hydrogen-bond acceptors (Lipinski definition) is 7. The van der Waals surface area contributed by atoms with E-state index in [2.05, 4.69) is 25.4 Å². The van der Waals surface area contributed by atoms with E-state index in [0.29, 0.717) is 11.6 Å². The van der Waals surface area contributed by atoms with Gasteiger partial charge in [0.05, 0.1) is 6.20 Å². The Kier molecular flexibility index (Phi) is 3.50. The van der Waals surface area contributed by atoms with E-state index in [1.165, 1.54) is 11.8 Å². The van der Waals surface area contributed by atoms with Gasteiger partial charge < -0.3 is 5.43 Å². The smallest absolute Gasteiger partial charge is 0.147 e. The number of hydrazine groups is 1. The summed E-state index contributed by atoms with van der Waals surface area (Å²) >= 11 is 1.44. The van der Waals surface area contributed by atoms with Crippen LogP contribution in [0, 0.1) is 13.8 Å². The molecule has 0 aromatic carbocycles. The number of nitrogens with zero attached hydrogens (tertiary/aromatic N) is 4. The van der Waals surface area contributed by atoms with Gasteiger partial charge in [-0.15, -0.1) is 0 Å². The van der Waals surface area contributed by atoms with Gasteiger partial charge in [0.2, 0.25) is 0 Å². The zero-order valence-electron chi connectivity index (χ0n) is 9.51. The molecule has 0 atom stereocenters. The first kappa shape index (κ1) is 11.7. The normalized spacial score (nSPS) is 10.3. The zero-order chi connectivity index (χ0) is 12.3. The molecule has 0 spiro atoms. The summed E-state index contributed by atoms with van der Waals surface area (Å²) in [5, 5.41) is 1.61. The lowest BCUT2D eigenvalue weighted by molar-refractivity contribution is 0.930. The molecule has 0 saturated carbocycles. The van der Waals surface area contributed by atoms with Crippen molar-refractivity contribution in [1.82, 2.24) is 19.9 Å². The number of nitrogens with one attached hydrogen (secondary N) is 1. The molecule has 0 unspecified atom stereocenters. The summed E-state index contributed by atoms with van der Waals surface area (Å²) in [6, 6.07) is 0. The van der Waals surface area contributed by atoms with Gasteiger partial charge in [-0.25, -0.2) is 20.8 Å². The van der Waals surface area contributed by atoms with Crippen LogP contribution in [0.1, 0.15) is 11.4 Å². The number of aryl methyl sites for hydroxylation is 1. The average molecular weight is 248 g/mol. The number of anilines is 1. The van der Waals surface area contributed by atoms with Crippen molar-refractivity contribution in [3.63, 3.8) is 0 Å². The predicted octanol–water partition coefficient (Wildman–Crippen LogP) is 1.32. The van der Waals surface area contributed by atoms with Crippen LogP contribution < -0.4 is 11.3 Å². The molecule has 2 rings (SSSR count). The quantitative estimate of drug-likeness (QED) is 0.481. The zero-order valence-corrected chi connectivity index (χ0v) is 10.3. The van der Waals surface area contributed by atoms with Crippen LogP contribution in [0.15, 0.2) is 28.6 Å². The Labute approximate surface area is 103 Å². The van der Waals surface area contributed by atoms with Crippen molar-refractivity contribution in [3.05, 3.63) is 30.0 Å². The molecule has 0 fully saturated rings. The Morgan fingerprint density at radius 1 is 1.24 bits per heavy atom. The summed E-state index contributed by atoms with van der Waals surface area (Å²) < 4.78 is 0. The van der Waals surface area contributed by atoms with E-state index in [0.717, 1.165) is 15.6 Å². The summed E-state index contributed by atoms with van der Waals surface area (Å²) in [6.45, 7) is 3.73. The summed E-state index contributed by atoms with van der Waals surface area (Å²) in [5.74, 6) is 6.69. The standard InChI is InChI=1S/C10H12N6S/c1-6-9(16-11)14-7(2)15-10(6)17-8-5-12-3-4-13-8/h3-5H,11H2,1-2H3,(H,14,15,16). The van der Waals surface area contributed by atoms with Crippen LogP contribution in [0.5, 0.6) is 0 Å². The highest BCUT2D eigenvalue weighted by molar-refractivity contribution is 7.99. The molecule has 17 heavy (non-hydrogen) atoms. The van der Waals surface area contributed by atoms with Crippen LogP contribution >= 0.6 is 11.8 Å². The lowest BCUT2D eigenvalue weighted by Crippen LogP contribution is -2.12. The molecule has 2 aromatic rings. The lowest BCUT2D eigenvalue weighted by Gasteiger charge is -2.09. The maximum absolute atomic E-state index is 5.40. The number of aromatic nitrogens is 4. The third kappa shape index (κ3) is 2.69. The van der Waals surface area contributed by atoms with Crippen LogP contribution in [0.4, 0.5) is 5.82 Å². The molecule has 0 radical (unpaired) electrons. The summed E-state index contributed by atoms with van der Waals surface area (Å²) in [6.07, 6.45) is 4.97. The van der Waals surface area contributed by atoms with Gasteiger partial charge in [0.15, 0.2) is 0 Å². The van der Waals surface area contributed by atoms with E-state index in [1.807, 2.05) is 13.8 Å². The van der Waals surface area contributed by atoms with Gasteiger partial charge in [-0.1, -0.05) is 0 Å². The number of nitrogen functional groups attached to an aromatic ring is 1. The molecule has 0 saturated heterocycles. The Hall–Kier alpha value is -1.73. The van der Waals surface area contributed by atoms with Crippen LogP contribution in [-0.2, 0) is 0 Å². The summed E-state index contributed by atoms with van der Waals surface area (Å²) in [4.78, 5) is 16.8. The van der Waals surface area contributed by atoms with Crippen molar-refractivity contribution < 1.29 is 0 Å². The van der Waals surface area contributed by atoms with E-state index in [4.69, 9.17) is 5.84 Å². The van der Waals surface area contributed by atoms with Gasteiger partial charge in [-0.3, -0.25) is 4.98 Å². The van der Waals surface area contributed by atoms with Gasteiger partial charge >= 0.3 is 0 Å². The van der Waals surface area contributed by atoms with Crippen LogP contribution in [0.3, 0.4) is 0 Å². The molecule has 0 aliphatic heterocycles. The SMILES string of the molecule is Cc1nc(NN)c(C)c(Sc2cnccn2)n1. The Balaban J connectivity index is 2.36. The third-order valence-corrected chi connectivity index (χ3v) is 3.10. The van der Waals surface area contributed by atoms with Crippen molar-refractivity contribution in [3.8, 4) is 0 Å². The first-order chi connectivity index (χ1) is 8.20. The van der Waals surface area contributed by atoms with Crippen LogP contribution in [0.25, 0.3) is 0 Å². The van der Waals surface area contributed by atoms with Gasteiger partial charge in [0.1, 0.15) is 21.7 Å². The molecule has 0 aliphatic carbocycles. The third-order valence-electron chi connectivity index (χ3n) is 2.09. The highest BCUT2D eigenvalue weighted by Crippen LogP contribution is 2.29. The number of hydrogen-bond donors (Lipinski definition) is 2. The maximum atomic E-state index is 5.40. The molecule has 3 N–H and O–H groups in total. The van der Waals surface area contributed by atoms with E-state index in [9.17, 15) is 0 Å². The fraction of sp³-hybridized carbons (Fsp3) is 0.200. The summed E-state index contributed by atoms with van der Waals surface area (Å²) in [7, 11) is 0. The Bertz CT molecular complexity index is 516. The minimum atomic E-state index is 0.629. The molecule has 0 amide bonds. The molecule has 7 heteroatoms. The van der Waals surface area contributed by atoms with E-state index in [-0.39, 0.29) is 0 Å². The van der Waals surface area contributed by atoms with E-state index < -0.39 is 0 Å². The fourth-order valence-electron chi connectivity index (χ4n) is 1.28. The van der Waals surface area contributed by atoms with Crippen molar-refractivity contribution in [2.75, 3.05) is 5.43 Å². The molecular formula is C10H12N6S. The molecule has 2 heterocycles. The average Bonchev–Trinajstić information content (AvgIpc) is 2.34. The number of nitrogens with two attached hydrogens (primary N) is 1.